The van der Waals surface area contributed by atoms with Crippen LogP contribution in [0.2, 0.25) is 0 Å². The van der Waals surface area contributed by atoms with Crippen molar-refractivity contribution in [1.82, 2.24) is 10.6 Å². The predicted octanol–water partition coefficient (Wildman–Crippen LogP) is 1.49. The van der Waals surface area contributed by atoms with Crippen molar-refractivity contribution >= 4 is 18.3 Å². The molecule has 0 fully saturated rings. The predicted molar refractivity (Wildman–Crippen MR) is 70.7 cm³/mol. The second kappa shape index (κ2) is 9.52. The standard InChI is InChI=1S/C12H16F2N2O2.ClH/c1-15-5-4-12(17)16-6-7-18-9-2-3-10(13)11(14)8-9;/h2-3,8,15H,4-7H2,1H3,(H,16,17);1H. The van der Waals surface area contributed by atoms with Gasteiger partial charge in [-0.05, 0) is 19.2 Å². The maximum Gasteiger partial charge on any atom is 0.221 e. The molecule has 2 N–H and O–H groups in total. The van der Waals surface area contributed by atoms with Gasteiger partial charge in [-0.3, -0.25) is 4.79 Å². The fourth-order valence-electron chi connectivity index (χ4n) is 1.25. The first-order chi connectivity index (χ1) is 8.63. The molecule has 0 spiro atoms. The SMILES string of the molecule is CNCCC(=O)NCCOc1ccc(F)c(F)c1.Cl. The molecule has 7 heteroatoms. The summed E-state index contributed by atoms with van der Waals surface area (Å²) in [6, 6.07) is 3.30. The first-order valence-corrected chi connectivity index (χ1v) is 5.62. The molecule has 1 aromatic carbocycles. The van der Waals surface area contributed by atoms with Gasteiger partial charge in [0.05, 0.1) is 6.54 Å². The summed E-state index contributed by atoms with van der Waals surface area (Å²) < 4.78 is 30.6. The quantitative estimate of drug-likeness (QED) is 0.749. The summed E-state index contributed by atoms with van der Waals surface area (Å²) in [6.07, 6.45) is 0.391. The molecule has 1 amide bonds. The number of benzene rings is 1. The summed E-state index contributed by atoms with van der Waals surface area (Å²) >= 11 is 0. The number of carbonyl (C=O) groups is 1. The fourth-order valence-corrected chi connectivity index (χ4v) is 1.25. The van der Waals surface area contributed by atoms with Gasteiger partial charge in [-0.1, -0.05) is 0 Å². The number of nitrogens with one attached hydrogen (secondary N) is 2. The van der Waals surface area contributed by atoms with Crippen molar-refractivity contribution in [3.8, 4) is 5.75 Å². The van der Waals surface area contributed by atoms with Crippen molar-refractivity contribution in [1.29, 1.82) is 0 Å². The topological polar surface area (TPSA) is 50.4 Å². The number of ether oxygens (including phenoxy) is 1. The number of amides is 1. The van der Waals surface area contributed by atoms with E-state index < -0.39 is 11.6 Å². The van der Waals surface area contributed by atoms with Gasteiger partial charge in [-0.25, -0.2) is 8.78 Å². The Labute approximate surface area is 116 Å². The van der Waals surface area contributed by atoms with E-state index in [0.29, 0.717) is 19.5 Å². The lowest BCUT2D eigenvalue weighted by Gasteiger charge is -2.08. The van der Waals surface area contributed by atoms with Crippen molar-refractivity contribution in [2.75, 3.05) is 26.7 Å². The molecular weight excluding hydrogens is 278 g/mol. The maximum absolute atomic E-state index is 12.8. The number of halogens is 3. The molecule has 0 heterocycles. The molecule has 108 valence electrons. The van der Waals surface area contributed by atoms with Gasteiger partial charge in [0.25, 0.3) is 0 Å². The minimum absolute atomic E-state index is 0. The molecular formula is C12H17ClF2N2O2. The molecule has 19 heavy (non-hydrogen) atoms. The Morgan fingerprint density at radius 1 is 1.26 bits per heavy atom. The van der Waals surface area contributed by atoms with Crippen LogP contribution in [-0.2, 0) is 4.79 Å². The second-order valence-corrected chi connectivity index (χ2v) is 3.63. The van der Waals surface area contributed by atoms with Gasteiger partial charge < -0.3 is 15.4 Å². The lowest BCUT2D eigenvalue weighted by molar-refractivity contribution is -0.121. The fraction of sp³-hybridized carbons (Fsp3) is 0.417. The van der Waals surface area contributed by atoms with Crippen molar-refractivity contribution in [3.05, 3.63) is 29.8 Å². The van der Waals surface area contributed by atoms with Crippen molar-refractivity contribution in [3.63, 3.8) is 0 Å². The second-order valence-electron chi connectivity index (χ2n) is 3.63. The zero-order valence-corrected chi connectivity index (χ0v) is 11.4. The third kappa shape index (κ3) is 6.93. The zero-order chi connectivity index (χ0) is 13.4. The highest BCUT2D eigenvalue weighted by molar-refractivity contribution is 5.85. The van der Waals surface area contributed by atoms with Gasteiger partial charge in [0.1, 0.15) is 12.4 Å². The lowest BCUT2D eigenvalue weighted by Crippen LogP contribution is -2.30. The number of hydrogen-bond donors (Lipinski definition) is 2. The Hall–Kier alpha value is -1.40. The average Bonchev–Trinajstić information content (AvgIpc) is 2.36. The Bertz CT molecular complexity index is 405. The number of carbonyl (C=O) groups excluding carboxylic acids is 1. The molecule has 0 unspecified atom stereocenters. The Morgan fingerprint density at radius 3 is 2.63 bits per heavy atom. The maximum atomic E-state index is 12.8. The minimum Gasteiger partial charge on any atom is -0.492 e. The van der Waals surface area contributed by atoms with Gasteiger partial charge in [0.15, 0.2) is 11.6 Å². The van der Waals surface area contributed by atoms with E-state index in [2.05, 4.69) is 10.6 Å². The Kier molecular flexibility index (Phi) is 8.82. The van der Waals surface area contributed by atoms with Crippen LogP contribution < -0.4 is 15.4 Å². The molecule has 0 atom stereocenters. The minimum atomic E-state index is -0.953. The Balaban J connectivity index is 0.00000324. The largest absolute Gasteiger partial charge is 0.492 e. The molecule has 0 bridgehead atoms. The number of rotatable bonds is 7. The first kappa shape index (κ1) is 17.6. The molecule has 4 nitrogen and oxygen atoms in total. The van der Waals surface area contributed by atoms with E-state index in [1.807, 2.05) is 0 Å². The van der Waals surface area contributed by atoms with E-state index >= 15 is 0 Å². The van der Waals surface area contributed by atoms with Crippen LogP contribution in [0, 0.1) is 11.6 Å². The summed E-state index contributed by atoms with van der Waals surface area (Å²) in [4.78, 5) is 11.2. The van der Waals surface area contributed by atoms with E-state index in [1.54, 1.807) is 7.05 Å². The van der Waals surface area contributed by atoms with E-state index in [-0.39, 0.29) is 30.7 Å². The van der Waals surface area contributed by atoms with E-state index in [4.69, 9.17) is 4.74 Å². The average molecular weight is 295 g/mol. The first-order valence-electron chi connectivity index (χ1n) is 5.62. The highest BCUT2D eigenvalue weighted by Gasteiger charge is 2.03. The Morgan fingerprint density at radius 2 is 2.00 bits per heavy atom. The van der Waals surface area contributed by atoms with Crippen LogP contribution in [0.15, 0.2) is 18.2 Å². The van der Waals surface area contributed by atoms with Crippen LogP contribution in [0.5, 0.6) is 5.75 Å². The van der Waals surface area contributed by atoms with Crippen molar-refractivity contribution < 1.29 is 18.3 Å². The van der Waals surface area contributed by atoms with Crippen LogP contribution in [0.3, 0.4) is 0 Å². The molecule has 1 rings (SSSR count). The highest BCUT2D eigenvalue weighted by Crippen LogP contribution is 2.14. The molecule has 0 aliphatic carbocycles. The van der Waals surface area contributed by atoms with Crippen LogP contribution in [0.4, 0.5) is 8.78 Å². The van der Waals surface area contributed by atoms with Crippen LogP contribution in [0.1, 0.15) is 6.42 Å². The smallest absolute Gasteiger partial charge is 0.221 e. The molecule has 0 aromatic heterocycles. The van der Waals surface area contributed by atoms with Crippen molar-refractivity contribution in [2.24, 2.45) is 0 Å². The monoisotopic (exact) mass is 294 g/mol. The van der Waals surface area contributed by atoms with Gasteiger partial charge in [0, 0.05) is 19.0 Å². The van der Waals surface area contributed by atoms with Gasteiger partial charge in [0.2, 0.25) is 5.91 Å². The van der Waals surface area contributed by atoms with E-state index in [9.17, 15) is 13.6 Å². The summed E-state index contributed by atoms with van der Waals surface area (Å²) in [5.74, 6) is -1.72. The summed E-state index contributed by atoms with van der Waals surface area (Å²) in [5, 5.41) is 5.50. The number of hydrogen-bond acceptors (Lipinski definition) is 3. The van der Waals surface area contributed by atoms with E-state index in [1.165, 1.54) is 6.07 Å². The van der Waals surface area contributed by atoms with E-state index in [0.717, 1.165) is 12.1 Å². The van der Waals surface area contributed by atoms with Gasteiger partial charge in [-0.15, -0.1) is 12.4 Å². The van der Waals surface area contributed by atoms with Gasteiger partial charge >= 0.3 is 0 Å². The van der Waals surface area contributed by atoms with Crippen LogP contribution in [0.25, 0.3) is 0 Å². The summed E-state index contributed by atoms with van der Waals surface area (Å²) in [5.41, 5.74) is 0. The summed E-state index contributed by atoms with van der Waals surface area (Å²) in [7, 11) is 1.76. The molecule has 1 aromatic rings. The third-order valence-corrected chi connectivity index (χ3v) is 2.19. The molecule has 0 radical (unpaired) electrons. The normalized spacial score (nSPS) is 9.63. The summed E-state index contributed by atoms with van der Waals surface area (Å²) in [6.45, 7) is 1.13. The van der Waals surface area contributed by atoms with Crippen LogP contribution in [-0.4, -0.2) is 32.7 Å². The van der Waals surface area contributed by atoms with Crippen molar-refractivity contribution in [2.45, 2.75) is 6.42 Å². The molecule has 0 aliphatic heterocycles. The van der Waals surface area contributed by atoms with Crippen LogP contribution >= 0.6 is 12.4 Å². The molecule has 0 saturated carbocycles. The van der Waals surface area contributed by atoms with Gasteiger partial charge in [-0.2, -0.15) is 0 Å². The third-order valence-electron chi connectivity index (χ3n) is 2.19. The highest BCUT2D eigenvalue weighted by atomic mass is 35.5. The zero-order valence-electron chi connectivity index (χ0n) is 10.5. The molecule has 0 aliphatic rings. The lowest BCUT2D eigenvalue weighted by atomic mass is 10.3. The molecule has 0 saturated heterocycles.